The lowest BCUT2D eigenvalue weighted by Gasteiger charge is -2.08. The maximum Gasteiger partial charge on any atom is 0.231 e. The Balaban J connectivity index is 1.45. The van der Waals surface area contributed by atoms with E-state index >= 15 is 0 Å². The molecule has 2 N–H and O–H groups in total. The zero-order valence-corrected chi connectivity index (χ0v) is 18.6. The van der Waals surface area contributed by atoms with Gasteiger partial charge in [-0.1, -0.05) is 41.6 Å². The normalized spacial score (nSPS) is 12.6. The molecule has 152 valence electrons. The van der Waals surface area contributed by atoms with Crippen molar-refractivity contribution in [2.75, 3.05) is 6.79 Å². The molecule has 0 spiro atoms. The number of halogens is 2. The average Bonchev–Trinajstić information content (AvgIpc) is 3.36. The van der Waals surface area contributed by atoms with Crippen molar-refractivity contribution in [2.24, 2.45) is 0 Å². The topological polar surface area (TPSA) is 88.8 Å². The number of nitrogens with zero attached hydrogens (tertiary/aromatic N) is 3. The van der Waals surface area contributed by atoms with Crippen LogP contribution in [0.1, 0.15) is 5.56 Å². The molecule has 7 nitrogen and oxygen atoms in total. The van der Waals surface area contributed by atoms with Crippen molar-refractivity contribution in [3.63, 3.8) is 0 Å². The van der Waals surface area contributed by atoms with Gasteiger partial charge in [0.1, 0.15) is 5.52 Å². The number of fused-ring (bicyclic) bond motifs is 2. The predicted octanol–water partition coefficient (Wildman–Crippen LogP) is 4.78. The molecule has 0 amide bonds. The van der Waals surface area contributed by atoms with E-state index in [2.05, 4.69) is 25.9 Å². The Morgan fingerprint density at radius 2 is 2.03 bits per heavy atom. The number of aromatic amines is 1. The van der Waals surface area contributed by atoms with Gasteiger partial charge in [0, 0.05) is 20.9 Å². The van der Waals surface area contributed by atoms with Gasteiger partial charge in [-0.2, -0.15) is 0 Å². The fraction of sp³-hybridized carbons (Fsp3) is 0.150. The molecule has 0 unspecified atom stereocenters. The lowest BCUT2D eigenvalue weighted by Crippen LogP contribution is -2.13. The van der Waals surface area contributed by atoms with E-state index in [1.807, 2.05) is 41.0 Å². The first kappa shape index (κ1) is 19.5. The summed E-state index contributed by atoms with van der Waals surface area (Å²) < 4.78 is 13.7. The van der Waals surface area contributed by atoms with E-state index in [1.54, 1.807) is 6.33 Å². The maximum atomic E-state index is 8.15. The zero-order chi connectivity index (χ0) is 20.7. The molecule has 0 radical (unpaired) electrons. The van der Waals surface area contributed by atoms with Gasteiger partial charge < -0.3 is 19.0 Å². The van der Waals surface area contributed by atoms with Crippen LogP contribution in [0.3, 0.4) is 0 Å². The number of benzene rings is 2. The van der Waals surface area contributed by atoms with E-state index < -0.39 is 0 Å². The van der Waals surface area contributed by atoms with Gasteiger partial charge >= 0.3 is 0 Å². The van der Waals surface area contributed by atoms with Crippen LogP contribution >= 0.6 is 39.3 Å². The standard InChI is InChI=1S/C20H15BrClN5O2S/c21-12-7-14-15(29-10-28-14)8-16(12)30-20-25-17-18(23)24-9-27(19(17)26-20)6-5-11-3-1-2-4-13(11)22/h1-4,7-9,23H,5-6,10H2,(H,25,26). The Bertz CT molecular complexity index is 1320. The Labute approximate surface area is 189 Å². The highest BCUT2D eigenvalue weighted by atomic mass is 79.9. The highest BCUT2D eigenvalue weighted by Crippen LogP contribution is 2.42. The number of hydrogen-bond donors (Lipinski definition) is 2. The zero-order valence-electron chi connectivity index (χ0n) is 15.5. The Morgan fingerprint density at radius 3 is 2.87 bits per heavy atom. The van der Waals surface area contributed by atoms with Crippen LogP contribution < -0.4 is 15.0 Å². The lowest BCUT2D eigenvalue weighted by molar-refractivity contribution is 0.174. The molecule has 1 aliphatic rings. The first-order valence-corrected chi connectivity index (χ1v) is 11.1. The van der Waals surface area contributed by atoms with E-state index in [0.717, 1.165) is 26.4 Å². The van der Waals surface area contributed by atoms with Crippen molar-refractivity contribution in [1.29, 1.82) is 5.41 Å². The van der Waals surface area contributed by atoms with Crippen molar-refractivity contribution in [3.8, 4) is 11.5 Å². The van der Waals surface area contributed by atoms with E-state index in [0.29, 0.717) is 34.4 Å². The van der Waals surface area contributed by atoms with Gasteiger partial charge in [0.05, 0.1) is 6.33 Å². The number of aryl methyl sites for hydroxylation is 2. The summed E-state index contributed by atoms with van der Waals surface area (Å²) in [5.41, 5.74) is 2.49. The molecule has 0 fully saturated rings. The van der Waals surface area contributed by atoms with E-state index in [-0.39, 0.29) is 12.3 Å². The summed E-state index contributed by atoms with van der Waals surface area (Å²) in [6.45, 7) is 0.871. The van der Waals surface area contributed by atoms with Crippen LogP contribution in [0.4, 0.5) is 0 Å². The molecular weight excluding hydrogens is 490 g/mol. The summed E-state index contributed by atoms with van der Waals surface area (Å²) in [4.78, 5) is 13.1. The summed E-state index contributed by atoms with van der Waals surface area (Å²) in [6, 6.07) is 11.6. The molecule has 5 rings (SSSR count). The van der Waals surface area contributed by atoms with Crippen LogP contribution in [0.5, 0.6) is 11.5 Å². The number of H-pyrrole nitrogens is 1. The molecule has 4 aromatic rings. The number of hydrogen-bond acceptors (Lipinski definition) is 6. The Kier molecular flexibility index (Phi) is 5.18. The molecule has 3 heterocycles. The third-order valence-corrected chi connectivity index (χ3v) is 6.94. The molecule has 2 aromatic carbocycles. The molecule has 0 bridgehead atoms. The van der Waals surface area contributed by atoms with Crippen LogP contribution in [0.2, 0.25) is 5.02 Å². The van der Waals surface area contributed by atoms with E-state index in [4.69, 9.17) is 31.5 Å². The summed E-state index contributed by atoms with van der Waals surface area (Å²) >= 11 is 11.3. The SMILES string of the molecule is N=c1ncn(CCc2ccccc2Cl)c2nc(Sc3cc4c(cc3Br)OCO4)[nH]c12. The molecule has 2 aromatic heterocycles. The number of imidazole rings is 1. The largest absolute Gasteiger partial charge is 0.454 e. The van der Waals surface area contributed by atoms with Crippen molar-refractivity contribution in [3.05, 3.63) is 63.3 Å². The minimum atomic E-state index is 0.156. The first-order chi connectivity index (χ1) is 14.6. The number of ether oxygens (including phenoxy) is 2. The second kappa shape index (κ2) is 7.98. The minimum absolute atomic E-state index is 0.156. The smallest absolute Gasteiger partial charge is 0.231 e. The maximum absolute atomic E-state index is 8.15. The lowest BCUT2D eigenvalue weighted by atomic mass is 10.1. The summed E-state index contributed by atoms with van der Waals surface area (Å²) in [5, 5.41) is 9.56. The van der Waals surface area contributed by atoms with Gasteiger partial charge in [0.2, 0.25) is 6.79 Å². The van der Waals surface area contributed by atoms with Gasteiger partial charge in [-0.25, -0.2) is 9.97 Å². The van der Waals surface area contributed by atoms with Crippen LogP contribution in [0, 0.1) is 5.41 Å². The van der Waals surface area contributed by atoms with Gasteiger partial charge in [0.25, 0.3) is 0 Å². The van der Waals surface area contributed by atoms with Crippen LogP contribution in [0.15, 0.2) is 57.3 Å². The fourth-order valence-electron chi connectivity index (χ4n) is 3.20. The van der Waals surface area contributed by atoms with Crippen molar-refractivity contribution in [1.82, 2.24) is 19.5 Å². The van der Waals surface area contributed by atoms with Gasteiger partial charge in [0.15, 0.2) is 27.8 Å². The second-order valence-electron chi connectivity index (χ2n) is 6.61. The Hall–Kier alpha value is -2.49. The molecule has 0 aliphatic carbocycles. The number of aromatic nitrogens is 4. The quantitative estimate of drug-likeness (QED) is 0.408. The summed E-state index contributed by atoms with van der Waals surface area (Å²) in [6.07, 6.45) is 2.38. The van der Waals surface area contributed by atoms with E-state index in [1.165, 1.54) is 11.8 Å². The molecule has 1 aliphatic heterocycles. The van der Waals surface area contributed by atoms with Crippen molar-refractivity contribution < 1.29 is 9.47 Å². The van der Waals surface area contributed by atoms with E-state index in [9.17, 15) is 0 Å². The second-order valence-corrected chi connectivity index (χ2v) is 8.90. The van der Waals surface area contributed by atoms with Gasteiger partial charge in [-0.15, -0.1) is 0 Å². The van der Waals surface area contributed by atoms with Gasteiger partial charge in [-0.3, -0.25) is 5.41 Å². The molecular formula is C20H15BrClN5O2S. The highest BCUT2D eigenvalue weighted by Gasteiger charge is 2.18. The molecule has 0 saturated heterocycles. The third kappa shape index (κ3) is 3.68. The van der Waals surface area contributed by atoms with Crippen LogP contribution in [-0.2, 0) is 13.0 Å². The molecule has 0 saturated carbocycles. The number of nitrogens with one attached hydrogen (secondary N) is 2. The van der Waals surface area contributed by atoms with Crippen LogP contribution in [-0.4, -0.2) is 26.3 Å². The van der Waals surface area contributed by atoms with Gasteiger partial charge in [-0.05, 0) is 46.1 Å². The van der Waals surface area contributed by atoms with Crippen molar-refractivity contribution in [2.45, 2.75) is 23.0 Å². The Morgan fingerprint density at radius 1 is 1.23 bits per heavy atom. The van der Waals surface area contributed by atoms with Crippen LogP contribution in [0.25, 0.3) is 11.2 Å². The predicted molar refractivity (Wildman–Crippen MR) is 117 cm³/mol. The average molecular weight is 505 g/mol. The molecule has 30 heavy (non-hydrogen) atoms. The minimum Gasteiger partial charge on any atom is -0.454 e. The first-order valence-electron chi connectivity index (χ1n) is 9.08. The third-order valence-electron chi connectivity index (χ3n) is 4.71. The summed E-state index contributed by atoms with van der Waals surface area (Å²) in [5.74, 6) is 1.42. The molecule has 10 heteroatoms. The summed E-state index contributed by atoms with van der Waals surface area (Å²) in [7, 11) is 0. The fourth-order valence-corrected chi connectivity index (χ4v) is 4.81. The monoisotopic (exact) mass is 503 g/mol. The number of rotatable bonds is 5. The highest BCUT2D eigenvalue weighted by molar-refractivity contribution is 9.10. The van der Waals surface area contributed by atoms with Crippen molar-refractivity contribution >= 4 is 50.5 Å². The molecule has 0 atom stereocenters.